The van der Waals surface area contributed by atoms with Crippen LogP contribution in [0.2, 0.25) is 5.02 Å². The van der Waals surface area contributed by atoms with Gasteiger partial charge in [-0.25, -0.2) is 0 Å². The first-order chi connectivity index (χ1) is 6.70. The molecule has 0 aliphatic carbocycles. The number of rotatable bonds is 5. The first-order valence-corrected chi connectivity index (χ1v) is 4.96. The van der Waals surface area contributed by atoms with Gasteiger partial charge < -0.3 is 9.84 Å². The molecule has 0 amide bonds. The van der Waals surface area contributed by atoms with Crippen molar-refractivity contribution in [1.82, 2.24) is 9.78 Å². The van der Waals surface area contributed by atoms with Gasteiger partial charge in [-0.1, -0.05) is 11.6 Å². The summed E-state index contributed by atoms with van der Waals surface area (Å²) in [6, 6.07) is 0. The SMILES string of the molecule is CCn1ncc(Cl)c1C(O)CCOC. The third kappa shape index (κ3) is 2.47. The van der Waals surface area contributed by atoms with Crippen molar-refractivity contribution < 1.29 is 9.84 Å². The number of hydrogen-bond donors (Lipinski definition) is 1. The molecule has 0 aliphatic rings. The number of aliphatic hydroxyl groups excluding tert-OH is 1. The Morgan fingerprint density at radius 2 is 2.43 bits per heavy atom. The van der Waals surface area contributed by atoms with Crippen LogP contribution in [0.3, 0.4) is 0 Å². The van der Waals surface area contributed by atoms with Gasteiger partial charge in [0, 0.05) is 26.7 Å². The third-order valence-corrected chi connectivity index (χ3v) is 2.34. The fraction of sp³-hybridized carbons (Fsp3) is 0.667. The summed E-state index contributed by atoms with van der Waals surface area (Å²) in [4.78, 5) is 0. The molecule has 4 nitrogen and oxygen atoms in total. The summed E-state index contributed by atoms with van der Waals surface area (Å²) < 4.78 is 6.59. The van der Waals surface area contributed by atoms with Crippen molar-refractivity contribution in [3.8, 4) is 0 Å². The average molecular weight is 219 g/mol. The highest BCUT2D eigenvalue weighted by molar-refractivity contribution is 6.31. The van der Waals surface area contributed by atoms with Gasteiger partial charge in [0.25, 0.3) is 0 Å². The van der Waals surface area contributed by atoms with E-state index >= 15 is 0 Å². The largest absolute Gasteiger partial charge is 0.387 e. The van der Waals surface area contributed by atoms with Gasteiger partial charge in [0.05, 0.1) is 23.0 Å². The molecule has 1 aromatic heterocycles. The number of aliphatic hydroxyl groups is 1. The molecular weight excluding hydrogens is 204 g/mol. The molecule has 0 fully saturated rings. The summed E-state index contributed by atoms with van der Waals surface area (Å²) in [5, 5.41) is 14.4. The molecule has 1 aromatic rings. The molecule has 5 heteroatoms. The summed E-state index contributed by atoms with van der Waals surface area (Å²) in [5.41, 5.74) is 0.672. The molecule has 1 N–H and O–H groups in total. The lowest BCUT2D eigenvalue weighted by Crippen LogP contribution is -2.10. The van der Waals surface area contributed by atoms with Crippen molar-refractivity contribution in [2.24, 2.45) is 0 Å². The van der Waals surface area contributed by atoms with Crippen LogP contribution in [0.1, 0.15) is 25.1 Å². The van der Waals surface area contributed by atoms with Gasteiger partial charge in [-0.2, -0.15) is 5.10 Å². The molecular formula is C9H15ClN2O2. The Labute approximate surface area is 88.4 Å². The first kappa shape index (κ1) is 11.5. The fourth-order valence-corrected chi connectivity index (χ4v) is 1.59. The van der Waals surface area contributed by atoms with Gasteiger partial charge in [0.2, 0.25) is 0 Å². The van der Waals surface area contributed by atoms with E-state index in [9.17, 15) is 5.11 Å². The number of aromatic nitrogens is 2. The number of aryl methyl sites for hydroxylation is 1. The maximum Gasteiger partial charge on any atom is 0.0993 e. The maximum absolute atomic E-state index is 9.81. The second-order valence-electron chi connectivity index (χ2n) is 2.99. The normalized spacial score (nSPS) is 13.1. The Morgan fingerprint density at radius 1 is 1.71 bits per heavy atom. The molecule has 1 unspecified atom stereocenters. The van der Waals surface area contributed by atoms with Crippen molar-refractivity contribution in [2.45, 2.75) is 26.0 Å². The average Bonchev–Trinajstić information content (AvgIpc) is 2.56. The van der Waals surface area contributed by atoms with Crippen LogP contribution in [0.5, 0.6) is 0 Å². The zero-order valence-electron chi connectivity index (χ0n) is 8.40. The molecule has 0 radical (unpaired) electrons. The van der Waals surface area contributed by atoms with Crippen LogP contribution in [0.15, 0.2) is 6.20 Å². The topological polar surface area (TPSA) is 47.3 Å². The highest BCUT2D eigenvalue weighted by atomic mass is 35.5. The lowest BCUT2D eigenvalue weighted by atomic mass is 10.2. The highest BCUT2D eigenvalue weighted by Crippen LogP contribution is 2.24. The first-order valence-electron chi connectivity index (χ1n) is 4.58. The Bertz CT molecular complexity index is 288. The van der Waals surface area contributed by atoms with Gasteiger partial charge in [0.15, 0.2) is 0 Å². The highest BCUT2D eigenvalue weighted by Gasteiger charge is 2.16. The van der Waals surface area contributed by atoms with Crippen LogP contribution in [0, 0.1) is 0 Å². The number of hydrogen-bond acceptors (Lipinski definition) is 3. The van der Waals surface area contributed by atoms with E-state index < -0.39 is 6.10 Å². The standard InChI is InChI=1S/C9H15ClN2O2/c1-3-12-9(7(10)6-11-12)8(13)4-5-14-2/h6,8,13H,3-5H2,1-2H3. The van der Waals surface area contributed by atoms with E-state index in [0.717, 1.165) is 0 Å². The van der Waals surface area contributed by atoms with Crippen LogP contribution in [-0.4, -0.2) is 28.6 Å². The Balaban J connectivity index is 2.76. The quantitative estimate of drug-likeness (QED) is 0.817. The van der Waals surface area contributed by atoms with Crippen molar-refractivity contribution in [3.05, 3.63) is 16.9 Å². The minimum Gasteiger partial charge on any atom is -0.387 e. The van der Waals surface area contributed by atoms with Crippen molar-refractivity contribution >= 4 is 11.6 Å². The summed E-state index contributed by atoms with van der Waals surface area (Å²) in [7, 11) is 1.60. The molecule has 0 spiro atoms. The van der Waals surface area contributed by atoms with Crippen molar-refractivity contribution in [2.75, 3.05) is 13.7 Å². The van der Waals surface area contributed by atoms with Gasteiger partial charge in [-0.3, -0.25) is 4.68 Å². The lowest BCUT2D eigenvalue weighted by molar-refractivity contribution is 0.104. The van der Waals surface area contributed by atoms with Crippen LogP contribution < -0.4 is 0 Å². The van der Waals surface area contributed by atoms with E-state index in [0.29, 0.717) is 30.3 Å². The van der Waals surface area contributed by atoms with E-state index in [1.807, 2.05) is 6.92 Å². The molecule has 0 saturated carbocycles. The Morgan fingerprint density at radius 3 is 3.00 bits per heavy atom. The molecule has 1 rings (SSSR count). The molecule has 0 saturated heterocycles. The molecule has 14 heavy (non-hydrogen) atoms. The van der Waals surface area contributed by atoms with Gasteiger partial charge in [0.1, 0.15) is 0 Å². The number of methoxy groups -OCH3 is 1. The second-order valence-corrected chi connectivity index (χ2v) is 3.40. The predicted octanol–water partition coefficient (Wildman–Crippen LogP) is 1.63. The molecule has 0 aliphatic heterocycles. The van der Waals surface area contributed by atoms with E-state index in [1.165, 1.54) is 0 Å². The number of nitrogens with zero attached hydrogens (tertiary/aromatic N) is 2. The molecule has 1 heterocycles. The molecule has 0 aromatic carbocycles. The van der Waals surface area contributed by atoms with Gasteiger partial charge in [-0.15, -0.1) is 0 Å². The zero-order chi connectivity index (χ0) is 10.6. The maximum atomic E-state index is 9.81. The second kappa shape index (κ2) is 5.34. The summed E-state index contributed by atoms with van der Waals surface area (Å²) in [6.07, 6.45) is 1.48. The zero-order valence-corrected chi connectivity index (χ0v) is 9.16. The van der Waals surface area contributed by atoms with Crippen LogP contribution in [-0.2, 0) is 11.3 Å². The van der Waals surface area contributed by atoms with E-state index in [-0.39, 0.29) is 0 Å². The molecule has 80 valence electrons. The fourth-order valence-electron chi connectivity index (χ4n) is 1.32. The van der Waals surface area contributed by atoms with Crippen LogP contribution >= 0.6 is 11.6 Å². The monoisotopic (exact) mass is 218 g/mol. The third-order valence-electron chi connectivity index (χ3n) is 2.04. The van der Waals surface area contributed by atoms with E-state index in [4.69, 9.17) is 16.3 Å². The Kier molecular flexibility index (Phi) is 4.38. The smallest absolute Gasteiger partial charge is 0.0993 e. The van der Waals surface area contributed by atoms with Crippen LogP contribution in [0.4, 0.5) is 0 Å². The summed E-state index contributed by atoms with van der Waals surface area (Å²) >= 11 is 5.91. The molecule has 0 bridgehead atoms. The van der Waals surface area contributed by atoms with Gasteiger partial charge in [-0.05, 0) is 6.92 Å². The Hall–Kier alpha value is -0.580. The van der Waals surface area contributed by atoms with Crippen LogP contribution in [0.25, 0.3) is 0 Å². The van der Waals surface area contributed by atoms with E-state index in [1.54, 1.807) is 18.0 Å². The number of halogens is 1. The summed E-state index contributed by atoms with van der Waals surface area (Å²) in [6.45, 7) is 3.16. The van der Waals surface area contributed by atoms with E-state index in [2.05, 4.69) is 5.10 Å². The van der Waals surface area contributed by atoms with Gasteiger partial charge >= 0.3 is 0 Å². The van der Waals surface area contributed by atoms with Crippen molar-refractivity contribution in [1.29, 1.82) is 0 Å². The minimum atomic E-state index is -0.607. The van der Waals surface area contributed by atoms with Crippen molar-refractivity contribution in [3.63, 3.8) is 0 Å². The molecule has 1 atom stereocenters. The predicted molar refractivity (Wildman–Crippen MR) is 54.4 cm³/mol. The summed E-state index contributed by atoms with van der Waals surface area (Å²) in [5.74, 6) is 0. The minimum absolute atomic E-state index is 0.506. The number of ether oxygens (including phenoxy) is 1. The lowest BCUT2D eigenvalue weighted by Gasteiger charge is -2.12.